The summed E-state index contributed by atoms with van der Waals surface area (Å²) in [7, 11) is 0. The summed E-state index contributed by atoms with van der Waals surface area (Å²) in [5, 5.41) is 9.69. The van der Waals surface area contributed by atoms with Gasteiger partial charge in [0, 0.05) is 17.8 Å². The summed E-state index contributed by atoms with van der Waals surface area (Å²) in [6.07, 6.45) is -0.808. The first-order valence-corrected chi connectivity index (χ1v) is 5.88. The fourth-order valence-electron chi connectivity index (χ4n) is 1.85. The standard InChI is InChI=1S/C13H19FN2O2/c1-4-16(7-13(15)18)12-5-8(2)11(14)6-10(12)9(3)17/h5-6,9,17H,4,7H2,1-3H3,(H2,15,18). The molecule has 0 aliphatic rings. The van der Waals surface area contributed by atoms with Crippen LogP contribution in [0.3, 0.4) is 0 Å². The number of primary amides is 1. The zero-order chi connectivity index (χ0) is 13.9. The topological polar surface area (TPSA) is 66.6 Å². The minimum Gasteiger partial charge on any atom is -0.389 e. The molecule has 0 saturated heterocycles. The largest absolute Gasteiger partial charge is 0.389 e. The molecule has 1 unspecified atom stereocenters. The maximum Gasteiger partial charge on any atom is 0.236 e. The third kappa shape index (κ3) is 3.20. The normalized spacial score (nSPS) is 12.3. The van der Waals surface area contributed by atoms with Crippen LogP contribution in [0.2, 0.25) is 0 Å². The third-order valence-electron chi connectivity index (χ3n) is 2.83. The molecule has 100 valence electrons. The van der Waals surface area contributed by atoms with Gasteiger partial charge in [-0.25, -0.2) is 4.39 Å². The van der Waals surface area contributed by atoms with Gasteiger partial charge in [-0.1, -0.05) is 0 Å². The van der Waals surface area contributed by atoms with E-state index in [1.807, 2.05) is 6.92 Å². The molecule has 5 heteroatoms. The van der Waals surface area contributed by atoms with Crippen LogP contribution >= 0.6 is 0 Å². The number of nitrogens with zero attached hydrogens (tertiary/aromatic N) is 1. The van der Waals surface area contributed by atoms with E-state index < -0.39 is 12.0 Å². The molecule has 0 radical (unpaired) electrons. The Labute approximate surface area is 106 Å². The van der Waals surface area contributed by atoms with Crippen molar-refractivity contribution in [1.29, 1.82) is 0 Å². The number of nitrogens with two attached hydrogens (primary N) is 1. The molecule has 1 aromatic carbocycles. The molecule has 0 aromatic heterocycles. The number of carbonyl (C=O) groups excluding carboxylic acids is 1. The number of hydrogen-bond acceptors (Lipinski definition) is 3. The van der Waals surface area contributed by atoms with Gasteiger partial charge in [-0.05, 0) is 38.5 Å². The van der Waals surface area contributed by atoms with Crippen molar-refractivity contribution in [2.24, 2.45) is 5.73 Å². The third-order valence-corrected chi connectivity index (χ3v) is 2.83. The zero-order valence-corrected chi connectivity index (χ0v) is 10.9. The molecule has 1 rings (SSSR count). The van der Waals surface area contributed by atoms with Crippen LogP contribution < -0.4 is 10.6 Å². The monoisotopic (exact) mass is 254 g/mol. The lowest BCUT2D eigenvalue weighted by atomic mass is 10.0. The number of aryl methyl sites for hydroxylation is 1. The van der Waals surface area contributed by atoms with Gasteiger partial charge in [-0.15, -0.1) is 0 Å². The van der Waals surface area contributed by atoms with Gasteiger partial charge in [0.25, 0.3) is 0 Å². The highest BCUT2D eigenvalue weighted by Crippen LogP contribution is 2.29. The quantitative estimate of drug-likeness (QED) is 0.836. The van der Waals surface area contributed by atoms with Crippen LogP contribution in [0.25, 0.3) is 0 Å². The lowest BCUT2D eigenvalue weighted by Crippen LogP contribution is -2.34. The Hall–Kier alpha value is -1.62. The molecule has 4 nitrogen and oxygen atoms in total. The average Bonchev–Trinajstić information content (AvgIpc) is 2.28. The SMILES string of the molecule is CCN(CC(N)=O)c1cc(C)c(F)cc1C(C)O. The summed E-state index contributed by atoms with van der Waals surface area (Å²) in [4.78, 5) is 12.7. The summed E-state index contributed by atoms with van der Waals surface area (Å²) in [5.41, 5.74) is 6.76. The van der Waals surface area contributed by atoms with Crippen molar-refractivity contribution in [3.05, 3.63) is 29.1 Å². The number of rotatable bonds is 5. The first-order valence-electron chi connectivity index (χ1n) is 5.88. The minimum absolute atomic E-state index is 0.0429. The fraction of sp³-hybridized carbons (Fsp3) is 0.462. The molecular formula is C13H19FN2O2. The van der Waals surface area contributed by atoms with E-state index in [0.29, 0.717) is 23.4 Å². The van der Waals surface area contributed by atoms with E-state index in [4.69, 9.17) is 5.73 Å². The van der Waals surface area contributed by atoms with Gasteiger partial charge in [0.2, 0.25) is 5.91 Å². The predicted octanol–water partition coefficient (Wildman–Crippen LogP) is 1.50. The molecule has 0 spiro atoms. The molecular weight excluding hydrogens is 235 g/mol. The Balaban J connectivity index is 3.26. The maximum absolute atomic E-state index is 13.5. The summed E-state index contributed by atoms with van der Waals surface area (Å²) >= 11 is 0. The van der Waals surface area contributed by atoms with Gasteiger partial charge in [-0.3, -0.25) is 4.79 Å². The van der Waals surface area contributed by atoms with Gasteiger partial charge >= 0.3 is 0 Å². The highest BCUT2D eigenvalue weighted by atomic mass is 19.1. The van der Waals surface area contributed by atoms with Crippen LogP contribution in [0, 0.1) is 12.7 Å². The molecule has 0 heterocycles. The molecule has 0 saturated carbocycles. The first kappa shape index (κ1) is 14.4. The van der Waals surface area contributed by atoms with Crippen molar-refractivity contribution in [3.63, 3.8) is 0 Å². The van der Waals surface area contributed by atoms with Crippen LogP contribution in [0.4, 0.5) is 10.1 Å². The molecule has 18 heavy (non-hydrogen) atoms. The minimum atomic E-state index is -0.808. The smallest absolute Gasteiger partial charge is 0.236 e. The summed E-state index contributed by atoms with van der Waals surface area (Å²) < 4.78 is 13.5. The number of likely N-dealkylation sites (N-methyl/N-ethyl adjacent to an activating group) is 1. The van der Waals surface area contributed by atoms with E-state index in [9.17, 15) is 14.3 Å². The summed E-state index contributed by atoms with van der Waals surface area (Å²) in [5.74, 6) is -0.833. The van der Waals surface area contributed by atoms with Crippen LogP contribution in [0.1, 0.15) is 31.1 Å². The van der Waals surface area contributed by atoms with Crippen LogP contribution in [0.5, 0.6) is 0 Å². The van der Waals surface area contributed by atoms with Gasteiger partial charge in [0.05, 0.1) is 12.6 Å². The van der Waals surface area contributed by atoms with E-state index in [-0.39, 0.29) is 12.4 Å². The van der Waals surface area contributed by atoms with Crippen LogP contribution in [-0.2, 0) is 4.79 Å². The van der Waals surface area contributed by atoms with Gasteiger partial charge in [0.15, 0.2) is 0 Å². The Kier molecular flexibility index (Phi) is 4.67. The Morgan fingerprint density at radius 1 is 1.56 bits per heavy atom. The predicted molar refractivity (Wildman–Crippen MR) is 68.9 cm³/mol. The second-order valence-corrected chi connectivity index (χ2v) is 4.32. The number of anilines is 1. The van der Waals surface area contributed by atoms with Crippen molar-refractivity contribution >= 4 is 11.6 Å². The molecule has 1 aromatic rings. The van der Waals surface area contributed by atoms with Crippen molar-refractivity contribution in [2.75, 3.05) is 18.0 Å². The molecule has 0 bridgehead atoms. The van der Waals surface area contributed by atoms with Gasteiger partial charge < -0.3 is 15.7 Å². The second kappa shape index (κ2) is 5.82. The number of carbonyl (C=O) groups is 1. The highest BCUT2D eigenvalue weighted by Gasteiger charge is 2.17. The number of halogens is 1. The number of amides is 1. The number of hydrogen-bond donors (Lipinski definition) is 2. The van der Waals surface area contributed by atoms with Crippen molar-refractivity contribution in [3.8, 4) is 0 Å². The Morgan fingerprint density at radius 3 is 2.61 bits per heavy atom. The first-order chi connectivity index (χ1) is 8.36. The van der Waals surface area contributed by atoms with Gasteiger partial charge in [0.1, 0.15) is 5.82 Å². The summed E-state index contributed by atoms with van der Waals surface area (Å²) in [6.45, 7) is 5.66. The summed E-state index contributed by atoms with van der Waals surface area (Å²) in [6, 6.07) is 2.93. The van der Waals surface area contributed by atoms with Crippen molar-refractivity contribution < 1.29 is 14.3 Å². The average molecular weight is 254 g/mol. The number of benzene rings is 1. The lowest BCUT2D eigenvalue weighted by molar-refractivity contribution is -0.116. The van der Waals surface area contributed by atoms with Crippen molar-refractivity contribution in [2.45, 2.75) is 26.9 Å². The Morgan fingerprint density at radius 2 is 2.17 bits per heavy atom. The van der Waals surface area contributed by atoms with Gasteiger partial charge in [-0.2, -0.15) is 0 Å². The Bertz CT molecular complexity index is 447. The molecule has 0 fully saturated rings. The second-order valence-electron chi connectivity index (χ2n) is 4.32. The highest BCUT2D eigenvalue weighted by molar-refractivity contribution is 5.80. The van der Waals surface area contributed by atoms with E-state index in [0.717, 1.165) is 0 Å². The van der Waals surface area contributed by atoms with Crippen molar-refractivity contribution in [1.82, 2.24) is 0 Å². The zero-order valence-electron chi connectivity index (χ0n) is 10.9. The van der Waals surface area contributed by atoms with E-state index in [1.165, 1.54) is 6.07 Å². The molecule has 1 amide bonds. The fourth-order valence-corrected chi connectivity index (χ4v) is 1.85. The molecule has 1 atom stereocenters. The number of aliphatic hydroxyl groups is 1. The molecule has 0 aliphatic heterocycles. The van der Waals surface area contributed by atoms with E-state index in [1.54, 1.807) is 24.8 Å². The molecule has 0 aliphatic carbocycles. The van der Waals surface area contributed by atoms with Crippen LogP contribution in [0.15, 0.2) is 12.1 Å². The molecule has 3 N–H and O–H groups in total. The number of aliphatic hydroxyl groups excluding tert-OH is 1. The maximum atomic E-state index is 13.5. The van der Waals surface area contributed by atoms with Crippen LogP contribution in [-0.4, -0.2) is 24.1 Å². The van der Waals surface area contributed by atoms with E-state index >= 15 is 0 Å². The lowest BCUT2D eigenvalue weighted by Gasteiger charge is -2.26. The van der Waals surface area contributed by atoms with E-state index in [2.05, 4.69) is 0 Å².